The standard InChI is InChI=1S/C58H41N3S/c1-5-36(3)41-29-42(37(4)6-2)31-45(30-41)56-59-55(60-57(61-56)46-33-43(38-17-9-7-10-18-38)32-44(34-46)39-19-11-8-12-20-39)40-25-26-49-53(35-40)58(52-27-28-62-54(49)52)50-23-15-13-21-47(50)48-22-14-16-24-51(48)58/h5-35H,1,3H2,2,4H3/b37-6+. The van der Waals surface area contributed by atoms with E-state index >= 15 is 0 Å². The molecule has 0 unspecified atom stereocenters. The van der Waals surface area contributed by atoms with Gasteiger partial charge in [-0.15, -0.1) is 11.3 Å². The molecule has 11 rings (SSSR count). The quantitative estimate of drug-likeness (QED) is 0.144. The molecule has 0 saturated carbocycles. The monoisotopic (exact) mass is 811 g/mol. The third-order valence-corrected chi connectivity index (χ3v) is 13.6. The van der Waals surface area contributed by atoms with Gasteiger partial charge in [0, 0.05) is 21.6 Å². The van der Waals surface area contributed by atoms with Gasteiger partial charge < -0.3 is 0 Å². The summed E-state index contributed by atoms with van der Waals surface area (Å²) < 4.78 is 0. The summed E-state index contributed by atoms with van der Waals surface area (Å²) >= 11 is 1.82. The Hall–Kier alpha value is -7.53. The Bertz CT molecular complexity index is 3180. The van der Waals surface area contributed by atoms with Crippen molar-refractivity contribution >= 4 is 22.5 Å². The van der Waals surface area contributed by atoms with Crippen molar-refractivity contribution in [1.29, 1.82) is 0 Å². The van der Waals surface area contributed by atoms with Crippen LogP contribution in [0.5, 0.6) is 0 Å². The van der Waals surface area contributed by atoms with Gasteiger partial charge >= 0.3 is 0 Å². The molecule has 0 N–H and O–H groups in total. The minimum Gasteiger partial charge on any atom is -0.208 e. The van der Waals surface area contributed by atoms with E-state index in [4.69, 9.17) is 15.0 Å². The molecule has 0 aliphatic heterocycles. The van der Waals surface area contributed by atoms with E-state index in [0.717, 1.165) is 61.2 Å². The van der Waals surface area contributed by atoms with Crippen molar-refractivity contribution in [3.05, 3.63) is 234 Å². The molecule has 0 amide bonds. The molecule has 7 aromatic carbocycles. The SMILES string of the molecule is C=CC(=C)c1cc(/C(C)=C/C)cc(-c2nc(-c3cc(-c4ccccc4)cc(-c4ccccc4)c3)nc(-c3ccc4c(c3)C3(c5ccccc5-c5ccccc53)c3ccsc3-4)n2)c1. The van der Waals surface area contributed by atoms with Gasteiger partial charge in [0.1, 0.15) is 0 Å². The van der Waals surface area contributed by atoms with Crippen LogP contribution in [0.2, 0.25) is 0 Å². The summed E-state index contributed by atoms with van der Waals surface area (Å²) in [7, 11) is 0. The molecule has 2 aliphatic rings. The minimum absolute atomic E-state index is 0.459. The summed E-state index contributed by atoms with van der Waals surface area (Å²) in [6, 6.07) is 61.2. The zero-order valence-electron chi connectivity index (χ0n) is 34.6. The van der Waals surface area contributed by atoms with Crippen LogP contribution < -0.4 is 0 Å². The average Bonchev–Trinajstić information content (AvgIpc) is 4.02. The Morgan fingerprint density at radius 1 is 0.484 bits per heavy atom. The summed E-state index contributed by atoms with van der Waals surface area (Å²) in [5.41, 5.74) is 19.7. The molecule has 0 fully saturated rings. The van der Waals surface area contributed by atoms with Crippen LogP contribution in [-0.2, 0) is 5.41 Å². The van der Waals surface area contributed by atoms with Crippen LogP contribution in [0, 0.1) is 0 Å². The summed E-state index contributed by atoms with van der Waals surface area (Å²) in [6.45, 7) is 12.6. The highest BCUT2D eigenvalue weighted by molar-refractivity contribution is 7.14. The zero-order valence-corrected chi connectivity index (χ0v) is 35.4. The van der Waals surface area contributed by atoms with E-state index in [0.29, 0.717) is 17.5 Å². The largest absolute Gasteiger partial charge is 0.208 e. The zero-order chi connectivity index (χ0) is 42.0. The molecule has 0 bridgehead atoms. The third-order valence-electron chi connectivity index (χ3n) is 12.7. The maximum absolute atomic E-state index is 5.42. The predicted octanol–water partition coefficient (Wildman–Crippen LogP) is 15.2. The topological polar surface area (TPSA) is 38.7 Å². The molecule has 2 heterocycles. The van der Waals surface area contributed by atoms with Crippen molar-refractivity contribution in [3.8, 4) is 78.0 Å². The Morgan fingerprint density at radius 2 is 1.02 bits per heavy atom. The van der Waals surface area contributed by atoms with Gasteiger partial charge in [-0.2, -0.15) is 0 Å². The Labute approximate surface area is 366 Å². The van der Waals surface area contributed by atoms with Crippen LogP contribution in [0.25, 0.3) is 89.1 Å². The number of fused-ring (bicyclic) bond motifs is 10. The van der Waals surface area contributed by atoms with E-state index in [-0.39, 0.29) is 0 Å². The van der Waals surface area contributed by atoms with Gasteiger partial charge in [0.25, 0.3) is 0 Å². The van der Waals surface area contributed by atoms with E-state index in [1.807, 2.05) is 11.3 Å². The molecule has 0 saturated heterocycles. The first-order valence-electron chi connectivity index (χ1n) is 21.0. The second kappa shape index (κ2) is 14.9. The summed E-state index contributed by atoms with van der Waals surface area (Å²) in [5.74, 6) is 1.80. The molecule has 2 aliphatic carbocycles. The summed E-state index contributed by atoms with van der Waals surface area (Å²) in [6.07, 6.45) is 3.93. The van der Waals surface area contributed by atoms with Crippen LogP contribution in [0.3, 0.4) is 0 Å². The van der Waals surface area contributed by atoms with E-state index in [1.54, 1.807) is 6.08 Å². The average molecular weight is 812 g/mol. The molecule has 1 spiro atoms. The number of allylic oxidation sites excluding steroid dienone is 4. The van der Waals surface area contributed by atoms with Gasteiger partial charge in [0.05, 0.1) is 5.41 Å². The molecule has 294 valence electrons. The lowest BCUT2D eigenvalue weighted by Gasteiger charge is -2.30. The van der Waals surface area contributed by atoms with E-state index in [2.05, 4.69) is 208 Å². The van der Waals surface area contributed by atoms with Crippen LogP contribution in [-0.4, -0.2) is 15.0 Å². The molecule has 62 heavy (non-hydrogen) atoms. The first-order chi connectivity index (χ1) is 30.4. The number of hydrogen-bond acceptors (Lipinski definition) is 4. The van der Waals surface area contributed by atoms with Gasteiger partial charge in [-0.1, -0.05) is 147 Å². The second-order valence-electron chi connectivity index (χ2n) is 16.1. The number of benzene rings is 7. The van der Waals surface area contributed by atoms with Crippen molar-refractivity contribution < 1.29 is 0 Å². The Balaban J connectivity index is 1.18. The Morgan fingerprint density at radius 3 is 1.61 bits per heavy atom. The fraction of sp³-hybridized carbons (Fsp3) is 0.0517. The summed E-state index contributed by atoms with van der Waals surface area (Å²) in [5, 5.41) is 2.24. The number of thiophene rings is 1. The first kappa shape index (κ1) is 37.5. The molecule has 2 aromatic heterocycles. The normalized spacial score (nSPS) is 13.0. The fourth-order valence-electron chi connectivity index (χ4n) is 9.53. The molecule has 3 nitrogen and oxygen atoms in total. The van der Waals surface area contributed by atoms with Gasteiger partial charge in [0.15, 0.2) is 17.5 Å². The first-order valence-corrected chi connectivity index (χ1v) is 21.9. The van der Waals surface area contributed by atoms with Crippen molar-refractivity contribution in [3.63, 3.8) is 0 Å². The minimum atomic E-state index is -0.459. The predicted molar refractivity (Wildman–Crippen MR) is 260 cm³/mol. The summed E-state index contributed by atoms with van der Waals surface area (Å²) in [4.78, 5) is 17.5. The lowest BCUT2D eigenvalue weighted by Crippen LogP contribution is -2.25. The lowest BCUT2D eigenvalue weighted by molar-refractivity contribution is 0.796. The maximum Gasteiger partial charge on any atom is 0.164 e. The molecule has 0 atom stereocenters. The maximum atomic E-state index is 5.42. The van der Waals surface area contributed by atoms with Gasteiger partial charge in [0.2, 0.25) is 0 Å². The number of rotatable bonds is 8. The van der Waals surface area contributed by atoms with E-state index in [1.165, 1.54) is 43.8 Å². The highest BCUT2D eigenvalue weighted by Crippen LogP contribution is 2.64. The molecular formula is C58H41N3S. The highest BCUT2D eigenvalue weighted by Gasteiger charge is 2.52. The second-order valence-corrected chi connectivity index (χ2v) is 17.0. The van der Waals surface area contributed by atoms with E-state index < -0.39 is 5.41 Å². The molecule has 9 aromatic rings. The van der Waals surface area contributed by atoms with Gasteiger partial charge in [-0.3, -0.25) is 0 Å². The van der Waals surface area contributed by atoms with Gasteiger partial charge in [-0.25, -0.2) is 15.0 Å². The fourth-order valence-corrected chi connectivity index (χ4v) is 10.5. The molecule has 4 heteroatoms. The number of aromatic nitrogens is 3. The van der Waals surface area contributed by atoms with Crippen LogP contribution >= 0.6 is 11.3 Å². The van der Waals surface area contributed by atoms with E-state index in [9.17, 15) is 0 Å². The Kier molecular flexibility index (Phi) is 8.99. The molecule has 0 radical (unpaired) electrons. The van der Waals surface area contributed by atoms with Crippen molar-refractivity contribution in [2.24, 2.45) is 0 Å². The number of nitrogens with zero attached hydrogens (tertiary/aromatic N) is 3. The third kappa shape index (κ3) is 5.90. The van der Waals surface area contributed by atoms with Crippen LogP contribution in [0.1, 0.15) is 47.2 Å². The van der Waals surface area contributed by atoms with Crippen molar-refractivity contribution in [2.75, 3.05) is 0 Å². The van der Waals surface area contributed by atoms with Crippen molar-refractivity contribution in [1.82, 2.24) is 15.0 Å². The molecular weight excluding hydrogens is 771 g/mol. The van der Waals surface area contributed by atoms with Crippen LogP contribution in [0.4, 0.5) is 0 Å². The highest BCUT2D eigenvalue weighted by atomic mass is 32.1. The van der Waals surface area contributed by atoms with Crippen LogP contribution in [0.15, 0.2) is 201 Å². The van der Waals surface area contributed by atoms with Crippen molar-refractivity contribution in [2.45, 2.75) is 19.3 Å². The smallest absolute Gasteiger partial charge is 0.164 e. The lowest BCUT2D eigenvalue weighted by atomic mass is 9.71. The number of hydrogen-bond donors (Lipinski definition) is 0. The van der Waals surface area contributed by atoms with Gasteiger partial charge in [-0.05, 0) is 151 Å².